The molecule has 4 rings (SSSR count). The van der Waals surface area contributed by atoms with E-state index in [2.05, 4.69) is 10.6 Å². The van der Waals surface area contributed by atoms with Crippen LogP contribution in [0.15, 0.2) is 66.7 Å². The largest absolute Gasteiger partial charge is 0.497 e. The van der Waals surface area contributed by atoms with E-state index in [9.17, 15) is 20.0 Å². The number of nitrogens with one attached hydrogen (secondary N) is 2. The van der Waals surface area contributed by atoms with Crippen molar-refractivity contribution in [2.24, 2.45) is 0 Å². The highest BCUT2D eigenvalue weighted by atomic mass is 16.6. The number of carbonyl (C=O) groups excluding carboxylic acids is 1. The molecule has 0 unspecified atom stereocenters. The first-order valence-corrected chi connectivity index (χ1v) is 11.7. The molecule has 0 bridgehead atoms. The van der Waals surface area contributed by atoms with E-state index in [-0.39, 0.29) is 17.1 Å². The maximum Gasteiger partial charge on any atom is 0.323 e. The highest BCUT2D eigenvalue weighted by Crippen LogP contribution is 2.45. The molecular formula is C27H29N3O7. The van der Waals surface area contributed by atoms with Gasteiger partial charge in [0.15, 0.2) is 0 Å². The quantitative estimate of drug-likeness (QED) is 0.286. The van der Waals surface area contributed by atoms with Crippen LogP contribution in [-0.4, -0.2) is 41.5 Å². The maximum absolute atomic E-state index is 12.7. The van der Waals surface area contributed by atoms with Gasteiger partial charge in [-0.1, -0.05) is 30.3 Å². The number of hydrogen-bond acceptors (Lipinski definition) is 7. The summed E-state index contributed by atoms with van der Waals surface area (Å²) in [4.78, 5) is 23.9. The van der Waals surface area contributed by atoms with Gasteiger partial charge in [-0.3, -0.25) is 10.1 Å². The van der Waals surface area contributed by atoms with Crippen molar-refractivity contribution in [3.63, 3.8) is 0 Å². The Kier molecular flexibility index (Phi) is 7.61. The van der Waals surface area contributed by atoms with E-state index in [1.807, 2.05) is 30.3 Å². The molecule has 0 aliphatic carbocycles. The first-order chi connectivity index (χ1) is 17.7. The third-order valence-corrected chi connectivity index (χ3v) is 6.13. The number of carbonyl (C=O) groups is 1. The second kappa shape index (κ2) is 10.9. The molecule has 0 spiro atoms. The van der Waals surface area contributed by atoms with Gasteiger partial charge in [-0.15, -0.1) is 0 Å². The molecule has 0 saturated carbocycles. The van der Waals surface area contributed by atoms with Crippen LogP contribution in [0.2, 0.25) is 0 Å². The van der Waals surface area contributed by atoms with Crippen LogP contribution in [0.1, 0.15) is 31.1 Å². The number of nitrogens with zero attached hydrogens (tertiary/aromatic N) is 1. The Bertz CT molecular complexity index is 1260. The molecule has 3 N–H and O–H groups in total. The van der Waals surface area contributed by atoms with Gasteiger partial charge in [0.25, 0.3) is 5.69 Å². The van der Waals surface area contributed by atoms with Gasteiger partial charge in [0.05, 0.1) is 24.7 Å². The normalized spacial score (nSPS) is 17.7. The topological polar surface area (TPSA) is 132 Å². The summed E-state index contributed by atoms with van der Waals surface area (Å²) in [5.74, 6) is 0.837. The number of methoxy groups -OCH3 is 1. The molecular weight excluding hydrogens is 478 g/mol. The molecule has 10 heteroatoms. The van der Waals surface area contributed by atoms with Crippen molar-refractivity contribution in [2.75, 3.05) is 24.4 Å². The molecule has 3 aromatic carbocycles. The lowest BCUT2D eigenvalue weighted by atomic mass is 9.88. The minimum Gasteiger partial charge on any atom is -0.497 e. The van der Waals surface area contributed by atoms with Crippen molar-refractivity contribution in [2.45, 2.75) is 38.1 Å². The molecule has 0 aromatic heterocycles. The van der Waals surface area contributed by atoms with Gasteiger partial charge in [0.1, 0.15) is 35.0 Å². The molecule has 0 saturated heterocycles. The predicted molar refractivity (Wildman–Crippen MR) is 138 cm³/mol. The molecule has 2 atom stereocenters. The summed E-state index contributed by atoms with van der Waals surface area (Å²) in [5, 5.41) is 28.0. The molecule has 10 nitrogen and oxygen atoms in total. The number of aliphatic hydroxyl groups excluding tert-OH is 1. The van der Waals surface area contributed by atoms with E-state index in [0.717, 1.165) is 5.56 Å². The summed E-state index contributed by atoms with van der Waals surface area (Å²) < 4.78 is 17.1. The first kappa shape index (κ1) is 25.9. The lowest BCUT2D eigenvalue weighted by molar-refractivity contribution is -0.384. The second-order valence-electron chi connectivity index (χ2n) is 9.15. The molecule has 1 aliphatic heterocycles. The lowest BCUT2D eigenvalue weighted by Crippen LogP contribution is -2.49. The predicted octanol–water partition coefficient (Wildman–Crippen LogP) is 5.08. The SMILES string of the molecule is COc1ccc(NC(=O)Nc2cc3c(cc2[N+](=O)[O-])OC(C)(C)[C@H](O)[C@H]3OCCc2ccccc2)cc1. The van der Waals surface area contributed by atoms with Gasteiger partial charge in [0.2, 0.25) is 0 Å². The third kappa shape index (κ3) is 5.99. The fraction of sp³-hybridized carbons (Fsp3) is 0.296. The molecule has 37 heavy (non-hydrogen) atoms. The van der Waals surface area contributed by atoms with Crippen LogP contribution in [0.4, 0.5) is 21.9 Å². The number of anilines is 2. The average Bonchev–Trinajstić information content (AvgIpc) is 2.87. The van der Waals surface area contributed by atoms with Crippen molar-refractivity contribution >= 4 is 23.1 Å². The van der Waals surface area contributed by atoms with Gasteiger partial charge in [0, 0.05) is 11.3 Å². The van der Waals surface area contributed by atoms with Crippen molar-refractivity contribution < 1.29 is 29.0 Å². The van der Waals surface area contributed by atoms with Crippen LogP contribution in [0.5, 0.6) is 11.5 Å². The number of ether oxygens (including phenoxy) is 3. The van der Waals surface area contributed by atoms with Crippen molar-refractivity contribution in [3.05, 3.63) is 88.0 Å². The highest BCUT2D eigenvalue weighted by molar-refractivity contribution is 6.01. The number of amides is 2. The number of nitro groups is 1. The second-order valence-corrected chi connectivity index (χ2v) is 9.15. The number of nitro benzene ring substituents is 1. The van der Waals surface area contributed by atoms with Crippen LogP contribution in [0.25, 0.3) is 0 Å². The van der Waals surface area contributed by atoms with Gasteiger partial charge >= 0.3 is 6.03 Å². The van der Waals surface area contributed by atoms with E-state index >= 15 is 0 Å². The summed E-state index contributed by atoms with van der Waals surface area (Å²) in [7, 11) is 1.53. The Morgan fingerprint density at radius 2 is 1.81 bits per heavy atom. The van der Waals surface area contributed by atoms with Crippen LogP contribution in [0.3, 0.4) is 0 Å². The molecule has 3 aromatic rings. The number of fused-ring (bicyclic) bond motifs is 1. The Balaban J connectivity index is 1.59. The molecule has 0 radical (unpaired) electrons. The number of rotatable bonds is 8. The monoisotopic (exact) mass is 507 g/mol. The van der Waals surface area contributed by atoms with E-state index in [4.69, 9.17) is 14.2 Å². The Labute approximate surface area is 214 Å². The number of aliphatic hydroxyl groups is 1. The maximum atomic E-state index is 12.7. The Hall–Kier alpha value is -4.15. The summed E-state index contributed by atoms with van der Waals surface area (Å²) in [6.07, 6.45) is -1.27. The van der Waals surface area contributed by atoms with Crippen LogP contribution in [-0.2, 0) is 11.2 Å². The van der Waals surface area contributed by atoms with Crippen LogP contribution < -0.4 is 20.1 Å². The highest BCUT2D eigenvalue weighted by Gasteiger charge is 2.44. The third-order valence-electron chi connectivity index (χ3n) is 6.13. The lowest BCUT2D eigenvalue weighted by Gasteiger charge is -2.41. The number of urea groups is 1. The van der Waals surface area contributed by atoms with E-state index < -0.39 is 28.8 Å². The molecule has 1 heterocycles. The standard InChI is InChI=1S/C27H29N3O7/c1-27(2)25(31)24(36-14-13-17-7-5-4-6-8-17)20-15-21(22(30(33)34)16-23(20)37-27)29-26(32)28-18-9-11-19(35-3)12-10-18/h4-12,15-16,24-25,31H,13-14H2,1-3H3,(H2,28,29,32)/t24-,25+/m0/s1. The smallest absolute Gasteiger partial charge is 0.323 e. The van der Waals surface area contributed by atoms with Crippen LogP contribution in [0, 0.1) is 10.1 Å². The fourth-order valence-electron chi connectivity index (χ4n) is 4.11. The number of hydrogen-bond donors (Lipinski definition) is 3. The van der Waals surface area contributed by atoms with Gasteiger partial charge in [-0.25, -0.2) is 4.79 Å². The zero-order valence-corrected chi connectivity index (χ0v) is 20.8. The van der Waals surface area contributed by atoms with Gasteiger partial charge in [-0.05, 0) is 56.2 Å². The van der Waals surface area contributed by atoms with Crippen molar-refractivity contribution in [1.82, 2.24) is 0 Å². The van der Waals surface area contributed by atoms with Gasteiger partial charge in [-0.2, -0.15) is 0 Å². The zero-order chi connectivity index (χ0) is 26.6. The summed E-state index contributed by atoms with van der Waals surface area (Å²) in [6.45, 7) is 3.68. The minimum absolute atomic E-state index is 0.0538. The Morgan fingerprint density at radius 1 is 1.11 bits per heavy atom. The molecule has 0 fully saturated rings. The molecule has 1 aliphatic rings. The fourth-order valence-corrected chi connectivity index (χ4v) is 4.11. The van der Waals surface area contributed by atoms with Crippen molar-refractivity contribution in [3.8, 4) is 11.5 Å². The summed E-state index contributed by atoms with van der Waals surface area (Å²) >= 11 is 0. The number of benzene rings is 3. The van der Waals surface area contributed by atoms with E-state index in [0.29, 0.717) is 30.0 Å². The first-order valence-electron chi connectivity index (χ1n) is 11.7. The minimum atomic E-state index is -1.06. The van der Waals surface area contributed by atoms with E-state index in [1.165, 1.54) is 19.2 Å². The van der Waals surface area contributed by atoms with E-state index in [1.54, 1.807) is 38.1 Å². The average molecular weight is 508 g/mol. The molecule has 2 amide bonds. The summed E-state index contributed by atoms with van der Waals surface area (Å²) in [6, 6.07) is 18.4. The van der Waals surface area contributed by atoms with Crippen LogP contribution >= 0.6 is 0 Å². The summed E-state index contributed by atoms with van der Waals surface area (Å²) in [5.41, 5.74) is 0.497. The van der Waals surface area contributed by atoms with Gasteiger partial charge < -0.3 is 30.0 Å². The zero-order valence-electron chi connectivity index (χ0n) is 20.8. The van der Waals surface area contributed by atoms with Crippen molar-refractivity contribution in [1.29, 1.82) is 0 Å². The Morgan fingerprint density at radius 3 is 2.46 bits per heavy atom. The molecule has 194 valence electrons.